The van der Waals surface area contributed by atoms with Crippen molar-refractivity contribution in [3.05, 3.63) is 35.4 Å². The molecule has 3 rings (SSSR count). The molecule has 1 aliphatic carbocycles. The molecule has 1 fully saturated rings. The second kappa shape index (κ2) is 7.19. The minimum Gasteiger partial charge on any atom is -0.393 e. The highest BCUT2D eigenvalue weighted by molar-refractivity contribution is 6.02. The zero-order valence-electron chi connectivity index (χ0n) is 15.4. The van der Waals surface area contributed by atoms with E-state index in [9.17, 15) is 19.5 Å². The number of aliphatic hydroxyl groups is 1. The van der Waals surface area contributed by atoms with E-state index >= 15 is 0 Å². The standard InChI is InChI=1S/C20H26N2O4/c1-11(2)17(22-10-12-6-4-5-7-14(12)20(22)26)18(24)15-8-13(23)9-16(15)19(25)21-3/h4-7,11,13,15-17,23H,8-10H2,1-3H3,(H,21,25)/t13-,15?,16+,17-/m0/s1. The molecule has 1 aromatic rings. The number of fused-ring (bicyclic) bond motifs is 1. The number of amides is 2. The van der Waals surface area contributed by atoms with Gasteiger partial charge in [-0.1, -0.05) is 32.0 Å². The van der Waals surface area contributed by atoms with E-state index in [1.54, 1.807) is 11.0 Å². The Kier molecular flexibility index (Phi) is 5.14. The van der Waals surface area contributed by atoms with Gasteiger partial charge in [-0.3, -0.25) is 14.4 Å². The fourth-order valence-corrected chi connectivity index (χ4v) is 4.36. The summed E-state index contributed by atoms with van der Waals surface area (Å²) in [6.45, 7) is 4.24. The smallest absolute Gasteiger partial charge is 0.255 e. The van der Waals surface area contributed by atoms with Gasteiger partial charge in [-0.15, -0.1) is 0 Å². The van der Waals surface area contributed by atoms with Crippen LogP contribution >= 0.6 is 0 Å². The SMILES string of the molecule is CNC(=O)[C@@H]1C[C@@H](O)CC1C(=O)[C@H](C(C)C)N1Cc2ccccc2C1=O. The molecule has 1 heterocycles. The number of aliphatic hydroxyl groups excluding tert-OH is 1. The maximum Gasteiger partial charge on any atom is 0.255 e. The summed E-state index contributed by atoms with van der Waals surface area (Å²) in [7, 11) is 1.54. The van der Waals surface area contributed by atoms with E-state index in [1.165, 1.54) is 7.05 Å². The molecular formula is C20H26N2O4. The Balaban J connectivity index is 1.88. The Morgan fingerprint density at radius 2 is 1.85 bits per heavy atom. The van der Waals surface area contributed by atoms with E-state index in [-0.39, 0.29) is 36.4 Å². The Morgan fingerprint density at radius 1 is 1.19 bits per heavy atom. The average molecular weight is 358 g/mol. The molecule has 0 spiro atoms. The lowest BCUT2D eigenvalue weighted by Crippen LogP contribution is -2.49. The van der Waals surface area contributed by atoms with Crippen LogP contribution in [0.1, 0.15) is 42.6 Å². The van der Waals surface area contributed by atoms with Crippen molar-refractivity contribution in [2.45, 2.75) is 45.4 Å². The van der Waals surface area contributed by atoms with E-state index in [2.05, 4.69) is 5.32 Å². The molecule has 6 nitrogen and oxygen atoms in total. The van der Waals surface area contributed by atoms with Crippen molar-refractivity contribution in [3.8, 4) is 0 Å². The van der Waals surface area contributed by atoms with Gasteiger partial charge in [0, 0.05) is 25.1 Å². The number of hydrogen-bond donors (Lipinski definition) is 2. The fourth-order valence-electron chi connectivity index (χ4n) is 4.36. The molecule has 1 unspecified atom stereocenters. The van der Waals surface area contributed by atoms with E-state index in [1.807, 2.05) is 32.0 Å². The molecule has 140 valence electrons. The molecule has 0 saturated heterocycles. The summed E-state index contributed by atoms with van der Waals surface area (Å²) in [5.74, 6) is -1.66. The predicted molar refractivity (Wildman–Crippen MR) is 96.2 cm³/mol. The van der Waals surface area contributed by atoms with E-state index < -0.39 is 24.0 Å². The topological polar surface area (TPSA) is 86.7 Å². The maximum atomic E-state index is 13.4. The number of nitrogens with zero attached hydrogens (tertiary/aromatic N) is 1. The van der Waals surface area contributed by atoms with Gasteiger partial charge >= 0.3 is 0 Å². The lowest BCUT2D eigenvalue weighted by molar-refractivity contribution is -0.135. The number of benzene rings is 1. The normalized spacial score (nSPS) is 26.1. The van der Waals surface area contributed by atoms with Crippen LogP contribution in [0.4, 0.5) is 0 Å². The number of Topliss-reactive ketones (excluding diaryl/α,β-unsaturated/α-hetero) is 1. The molecular weight excluding hydrogens is 332 g/mol. The Labute approximate surface area is 153 Å². The Morgan fingerprint density at radius 3 is 2.46 bits per heavy atom. The lowest BCUT2D eigenvalue weighted by atomic mass is 9.83. The van der Waals surface area contributed by atoms with E-state index in [0.717, 1.165) is 5.56 Å². The number of rotatable bonds is 5. The van der Waals surface area contributed by atoms with Crippen molar-refractivity contribution in [2.75, 3.05) is 7.05 Å². The van der Waals surface area contributed by atoms with Crippen LogP contribution in [-0.2, 0) is 16.1 Å². The minimum absolute atomic E-state index is 0.0798. The summed E-state index contributed by atoms with van der Waals surface area (Å²) in [6, 6.07) is 6.80. The second-order valence-electron chi connectivity index (χ2n) is 7.63. The van der Waals surface area contributed by atoms with Crippen LogP contribution < -0.4 is 5.32 Å². The molecule has 0 bridgehead atoms. The molecule has 26 heavy (non-hydrogen) atoms. The van der Waals surface area contributed by atoms with Crippen LogP contribution in [0.2, 0.25) is 0 Å². The highest BCUT2D eigenvalue weighted by atomic mass is 16.3. The average Bonchev–Trinajstić information content (AvgIpc) is 3.15. The number of carbonyl (C=O) groups is 3. The van der Waals surface area contributed by atoms with Crippen molar-refractivity contribution in [2.24, 2.45) is 17.8 Å². The Hall–Kier alpha value is -2.21. The van der Waals surface area contributed by atoms with Gasteiger partial charge in [0.05, 0.1) is 18.1 Å². The highest BCUT2D eigenvalue weighted by Crippen LogP contribution is 2.37. The monoisotopic (exact) mass is 358 g/mol. The van der Waals surface area contributed by atoms with Crippen LogP contribution in [0.3, 0.4) is 0 Å². The minimum atomic E-state index is -0.662. The third-order valence-electron chi connectivity index (χ3n) is 5.59. The van der Waals surface area contributed by atoms with Crippen molar-refractivity contribution < 1.29 is 19.5 Å². The van der Waals surface area contributed by atoms with E-state index in [4.69, 9.17) is 0 Å². The van der Waals surface area contributed by atoms with Gasteiger partial charge in [0.1, 0.15) is 0 Å². The molecule has 4 atom stereocenters. The predicted octanol–water partition coefficient (Wildman–Crippen LogP) is 1.37. The summed E-state index contributed by atoms with van der Waals surface area (Å²) in [6.07, 6.45) is -0.102. The third kappa shape index (κ3) is 3.14. The van der Waals surface area contributed by atoms with Gasteiger partial charge in [0.25, 0.3) is 5.91 Å². The molecule has 6 heteroatoms. The highest BCUT2D eigenvalue weighted by Gasteiger charge is 2.47. The van der Waals surface area contributed by atoms with Gasteiger partial charge in [-0.2, -0.15) is 0 Å². The largest absolute Gasteiger partial charge is 0.393 e. The lowest BCUT2D eigenvalue weighted by Gasteiger charge is -2.33. The van der Waals surface area contributed by atoms with Gasteiger partial charge in [-0.05, 0) is 30.4 Å². The zero-order chi connectivity index (χ0) is 19.0. The molecule has 2 N–H and O–H groups in total. The van der Waals surface area contributed by atoms with Gasteiger partial charge in [-0.25, -0.2) is 0 Å². The first-order valence-corrected chi connectivity index (χ1v) is 9.17. The summed E-state index contributed by atoms with van der Waals surface area (Å²) < 4.78 is 0. The second-order valence-corrected chi connectivity index (χ2v) is 7.63. The van der Waals surface area contributed by atoms with Crippen LogP contribution in [0, 0.1) is 17.8 Å². The van der Waals surface area contributed by atoms with Crippen LogP contribution in [0.15, 0.2) is 24.3 Å². The molecule has 2 amide bonds. The molecule has 1 aliphatic heterocycles. The summed E-state index contributed by atoms with van der Waals surface area (Å²) in [4.78, 5) is 40.0. The van der Waals surface area contributed by atoms with Gasteiger partial charge < -0.3 is 15.3 Å². The van der Waals surface area contributed by atoms with E-state index in [0.29, 0.717) is 12.1 Å². The van der Waals surface area contributed by atoms with Crippen molar-refractivity contribution in [1.29, 1.82) is 0 Å². The molecule has 0 radical (unpaired) electrons. The summed E-state index contributed by atoms with van der Waals surface area (Å²) >= 11 is 0. The van der Waals surface area contributed by atoms with Gasteiger partial charge in [0.2, 0.25) is 5.91 Å². The molecule has 0 aromatic heterocycles. The van der Waals surface area contributed by atoms with Gasteiger partial charge in [0.15, 0.2) is 5.78 Å². The number of nitrogens with one attached hydrogen (secondary N) is 1. The van der Waals surface area contributed by atoms with Crippen molar-refractivity contribution in [3.63, 3.8) is 0 Å². The Bertz CT molecular complexity index is 730. The number of carbonyl (C=O) groups excluding carboxylic acids is 3. The molecule has 1 aromatic carbocycles. The first-order chi connectivity index (χ1) is 12.3. The van der Waals surface area contributed by atoms with Crippen LogP contribution in [-0.4, -0.2) is 46.8 Å². The van der Waals surface area contributed by atoms with Crippen LogP contribution in [0.5, 0.6) is 0 Å². The zero-order valence-corrected chi connectivity index (χ0v) is 15.4. The third-order valence-corrected chi connectivity index (χ3v) is 5.59. The summed E-state index contributed by atoms with van der Waals surface area (Å²) in [5, 5.41) is 12.6. The fraction of sp³-hybridized carbons (Fsp3) is 0.550. The first kappa shape index (κ1) is 18.6. The maximum absolute atomic E-state index is 13.4. The molecule has 2 aliphatic rings. The molecule has 1 saturated carbocycles. The number of ketones is 1. The quantitative estimate of drug-likeness (QED) is 0.832. The first-order valence-electron chi connectivity index (χ1n) is 9.17. The van der Waals surface area contributed by atoms with Crippen molar-refractivity contribution >= 4 is 17.6 Å². The summed E-state index contributed by atoms with van der Waals surface area (Å²) in [5.41, 5.74) is 1.56. The number of hydrogen-bond acceptors (Lipinski definition) is 4. The van der Waals surface area contributed by atoms with Crippen LogP contribution in [0.25, 0.3) is 0 Å². The van der Waals surface area contributed by atoms with Crippen molar-refractivity contribution in [1.82, 2.24) is 10.2 Å².